The summed E-state index contributed by atoms with van der Waals surface area (Å²) in [6.45, 7) is 4.00. The number of rotatable bonds is 1. The number of aryl methyl sites for hydroxylation is 2. The second-order valence-corrected chi connectivity index (χ2v) is 4.34. The predicted molar refractivity (Wildman–Crippen MR) is 67.5 cm³/mol. The van der Waals surface area contributed by atoms with E-state index in [-0.39, 0.29) is 0 Å². The van der Waals surface area contributed by atoms with Crippen molar-refractivity contribution in [1.82, 2.24) is 9.78 Å². The molecule has 0 bridgehead atoms. The molecule has 2 rings (SSSR count). The van der Waals surface area contributed by atoms with Gasteiger partial charge in [-0.25, -0.2) is 0 Å². The first kappa shape index (κ1) is 11.0. The zero-order valence-corrected chi connectivity index (χ0v) is 10.3. The van der Waals surface area contributed by atoms with Crippen molar-refractivity contribution in [2.24, 2.45) is 7.05 Å². The molecule has 1 aromatic heterocycles. The fraction of sp³-hybridized carbons (Fsp3) is 0.250. The molecule has 0 spiro atoms. The number of halogens is 1. The summed E-state index contributed by atoms with van der Waals surface area (Å²) in [5.74, 6) is 0. The van der Waals surface area contributed by atoms with E-state index >= 15 is 0 Å². The van der Waals surface area contributed by atoms with E-state index in [0.29, 0.717) is 5.02 Å². The minimum Gasteiger partial charge on any atom is -0.398 e. The molecule has 0 atom stereocenters. The number of anilines is 1. The van der Waals surface area contributed by atoms with Gasteiger partial charge >= 0.3 is 0 Å². The third-order valence-corrected chi connectivity index (χ3v) is 3.03. The first-order valence-electron chi connectivity index (χ1n) is 5.06. The van der Waals surface area contributed by atoms with Crippen LogP contribution in [0.25, 0.3) is 11.1 Å². The van der Waals surface area contributed by atoms with Crippen molar-refractivity contribution in [2.45, 2.75) is 13.8 Å². The Morgan fingerprint density at radius 1 is 1.31 bits per heavy atom. The maximum absolute atomic E-state index is 6.00. The van der Waals surface area contributed by atoms with Crippen molar-refractivity contribution in [1.29, 1.82) is 0 Å². The standard InChI is InChI=1S/C12H14ClN3/c1-7-12(8(2)16(3)15-7)10-6-9(13)4-5-11(10)14/h4-6H,14H2,1-3H3. The van der Waals surface area contributed by atoms with E-state index in [4.69, 9.17) is 17.3 Å². The van der Waals surface area contributed by atoms with Gasteiger partial charge in [0.25, 0.3) is 0 Å². The second-order valence-electron chi connectivity index (χ2n) is 3.90. The molecule has 0 saturated carbocycles. The number of aromatic nitrogens is 2. The third kappa shape index (κ3) is 1.67. The fourth-order valence-electron chi connectivity index (χ4n) is 1.91. The molecule has 84 valence electrons. The average Bonchev–Trinajstić information content (AvgIpc) is 2.46. The molecule has 0 radical (unpaired) electrons. The number of hydrogen-bond donors (Lipinski definition) is 1. The van der Waals surface area contributed by atoms with Crippen molar-refractivity contribution >= 4 is 17.3 Å². The van der Waals surface area contributed by atoms with Gasteiger partial charge in [-0.05, 0) is 32.0 Å². The Balaban J connectivity index is 2.71. The zero-order valence-electron chi connectivity index (χ0n) is 9.58. The molecule has 2 aromatic rings. The molecule has 1 aromatic carbocycles. The lowest BCUT2D eigenvalue weighted by atomic mass is 10.0. The van der Waals surface area contributed by atoms with Gasteiger partial charge in [-0.1, -0.05) is 11.6 Å². The predicted octanol–water partition coefficient (Wildman–Crippen LogP) is 2.94. The number of nitrogen functional groups attached to an aromatic ring is 1. The van der Waals surface area contributed by atoms with Crippen LogP contribution in [0.4, 0.5) is 5.69 Å². The van der Waals surface area contributed by atoms with Crippen molar-refractivity contribution in [2.75, 3.05) is 5.73 Å². The van der Waals surface area contributed by atoms with Gasteiger partial charge in [-0.2, -0.15) is 5.10 Å². The van der Waals surface area contributed by atoms with Crippen molar-refractivity contribution in [3.05, 3.63) is 34.6 Å². The average molecular weight is 236 g/mol. The Bertz CT molecular complexity index is 543. The largest absolute Gasteiger partial charge is 0.398 e. The van der Waals surface area contributed by atoms with Gasteiger partial charge in [0.05, 0.1) is 5.69 Å². The molecule has 3 nitrogen and oxygen atoms in total. The smallest absolute Gasteiger partial charge is 0.0675 e. The maximum Gasteiger partial charge on any atom is 0.0675 e. The van der Waals surface area contributed by atoms with Crippen LogP contribution in [0.15, 0.2) is 18.2 Å². The molecule has 0 aliphatic heterocycles. The summed E-state index contributed by atoms with van der Waals surface area (Å²) in [6.07, 6.45) is 0. The molecule has 1 heterocycles. The van der Waals surface area contributed by atoms with Gasteiger partial charge in [0, 0.05) is 34.6 Å². The summed E-state index contributed by atoms with van der Waals surface area (Å²) >= 11 is 6.00. The topological polar surface area (TPSA) is 43.8 Å². The van der Waals surface area contributed by atoms with Crippen LogP contribution in [-0.4, -0.2) is 9.78 Å². The minimum atomic E-state index is 0.687. The number of nitrogens with two attached hydrogens (primary N) is 1. The van der Waals surface area contributed by atoms with Crippen molar-refractivity contribution in [3.63, 3.8) is 0 Å². The first-order chi connectivity index (χ1) is 7.50. The van der Waals surface area contributed by atoms with Crippen LogP contribution in [0, 0.1) is 13.8 Å². The number of benzene rings is 1. The van der Waals surface area contributed by atoms with Gasteiger partial charge < -0.3 is 5.73 Å². The summed E-state index contributed by atoms with van der Waals surface area (Å²) < 4.78 is 1.85. The molecule has 0 saturated heterocycles. The molecule has 0 aliphatic rings. The lowest BCUT2D eigenvalue weighted by Gasteiger charge is -2.06. The molecule has 0 unspecified atom stereocenters. The first-order valence-corrected chi connectivity index (χ1v) is 5.44. The highest BCUT2D eigenvalue weighted by Gasteiger charge is 2.14. The summed E-state index contributed by atoms with van der Waals surface area (Å²) in [5.41, 5.74) is 10.8. The molecular formula is C12H14ClN3. The third-order valence-electron chi connectivity index (χ3n) is 2.79. The second kappa shape index (κ2) is 3.83. The van der Waals surface area contributed by atoms with E-state index in [1.54, 1.807) is 6.07 Å². The molecular weight excluding hydrogens is 222 g/mol. The highest BCUT2D eigenvalue weighted by molar-refractivity contribution is 6.31. The van der Waals surface area contributed by atoms with Crippen LogP contribution >= 0.6 is 11.6 Å². The van der Waals surface area contributed by atoms with Crippen LogP contribution < -0.4 is 5.73 Å². The van der Waals surface area contributed by atoms with Gasteiger partial charge in [-0.15, -0.1) is 0 Å². The van der Waals surface area contributed by atoms with Crippen LogP contribution in [0.1, 0.15) is 11.4 Å². The molecule has 2 N–H and O–H groups in total. The van der Waals surface area contributed by atoms with E-state index in [1.165, 1.54) is 0 Å². The van der Waals surface area contributed by atoms with Crippen LogP contribution in [0.3, 0.4) is 0 Å². The Kier molecular flexibility index (Phi) is 2.64. The highest BCUT2D eigenvalue weighted by atomic mass is 35.5. The summed E-state index contributed by atoms with van der Waals surface area (Å²) in [4.78, 5) is 0. The quantitative estimate of drug-likeness (QED) is 0.773. The van der Waals surface area contributed by atoms with Gasteiger partial charge in [0.1, 0.15) is 0 Å². The van der Waals surface area contributed by atoms with Crippen molar-refractivity contribution < 1.29 is 0 Å². The SMILES string of the molecule is Cc1nn(C)c(C)c1-c1cc(Cl)ccc1N. The van der Waals surface area contributed by atoms with Gasteiger partial charge in [0.15, 0.2) is 0 Å². The van der Waals surface area contributed by atoms with Gasteiger partial charge in [-0.3, -0.25) is 4.68 Å². The van der Waals surface area contributed by atoms with E-state index in [1.807, 2.05) is 37.7 Å². The maximum atomic E-state index is 6.00. The van der Waals surface area contributed by atoms with Crippen LogP contribution in [0.5, 0.6) is 0 Å². The summed E-state index contributed by atoms with van der Waals surface area (Å²) in [5, 5.41) is 5.06. The Morgan fingerprint density at radius 2 is 2.00 bits per heavy atom. The van der Waals surface area contributed by atoms with E-state index in [2.05, 4.69) is 5.10 Å². The fourth-order valence-corrected chi connectivity index (χ4v) is 2.08. The lowest BCUT2D eigenvalue weighted by Crippen LogP contribution is -1.94. The number of nitrogens with zero attached hydrogens (tertiary/aromatic N) is 2. The van der Waals surface area contributed by atoms with Crippen molar-refractivity contribution in [3.8, 4) is 11.1 Å². The normalized spacial score (nSPS) is 10.8. The lowest BCUT2D eigenvalue weighted by molar-refractivity contribution is 0.731. The zero-order chi connectivity index (χ0) is 11.9. The summed E-state index contributed by atoms with van der Waals surface area (Å²) in [6, 6.07) is 5.50. The van der Waals surface area contributed by atoms with Crippen LogP contribution in [0.2, 0.25) is 5.02 Å². The molecule has 0 amide bonds. The monoisotopic (exact) mass is 235 g/mol. The van der Waals surface area contributed by atoms with Gasteiger partial charge in [0.2, 0.25) is 0 Å². The molecule has 16 heavy (non-hydrogen) atoms. The Labute approximate surface area is 99.8 Å². The number of hydrogen-bond acceptors (Lipinski definition) is 2. The molecule has 4 heteroatoms. The van der Waals surface area contributed by atoms with Crippen LogP contribution in [-0.2, 0) is 7.05 Å². The minimum absolute atomic E-state index is 0.687. The molecule has 0 fully saturated rings. The van der Waals surface area contributed by atoms with E-state index < -0.39 is 0 Å². The van der Waals surface area contributed by atoms with E-state index in [9.17, 15) is 0 Å². The Hall–Kier alpha value is -1.48. The highest BCUT2D eigenvalue weighted by Crippen LogP contribution is 2.33. The Morgan fingerprint density at radius 3 is 2.56 bits per heavy atom. The summed E-state index contributed by atoms with van der Waals surface area (Å²) in [7, 11) is 1.92. The van der Waals surface area contributed by atoms with E-state index in [0.717, 1.165) is 28.2 Å². The molecule has 0 aliphatic carbocycles.